The summed E-state index contributed by atoms with van der Waals surface area (Å²) in [5.74, 6) is -4.92. The Balaban J connectivity index is 1.49. The highest BCUT2D eigenvalue weighted by Crippen LogP contribution is 2.30. The fourth-order valence-electron chi connectivity index (χ4n) is 5.52. The van der Waals surface area contributed by atoms with Gasteiger partial charge < -0.3 is 20.7 Å². The summed E-state index contributed by atoms with van der Waals surface area (Å²) < 4.78 is 33.4. The van der Waals surface area contributed by atoms with Gasteiger partial charge in [0.2, 0.25) is 17.7 Å². The van der Waals surface area contributed by atoms with Gasteiger partial charge >= 0.3 is 0 Å². The quantitative estimate of drug-likeness (QED) is 0.326. The van der Waals surface area contributed by atoms with Gasteiger partial charge in [-0.15, -0.1) is 0 Å². The zero-order valence-corrected chi connectivity index (χ0v) is 25.8. The van der Waals surface area contributed by atoms with Crippen molar-refractivity contribution in [2.45, 2.75) is 69.9 Å². The first kappa shape index (κ1) is 32.8. The number of carbonyl (C=O) groups is 4. The highest BCUT2D eigenvalue weighted by Gasteiger charge is 2.35. The van der Waals surface area contributed by atoms with Crippen LogP contribution >= 0.6 is 0 Å². The minimum absolute atomic E-state index is 0.00349. The van der Waals surface area contributed by atoms with Crippen LogP contribution in [0.15, 0.2) is 78.9 Å². The first-order valence-electron chi connectivity index (χ1n) is 15.7. The summed E-state index contributed by atoms with van der Waals surface area (Å²) in [4.78, 5) is 53.9. The van der Waals surface area contributed by atoms with Crippen LogP contribution in [-0.2, 0) is 38.4 Å². The number of ketones is 1. The summed E-state index contributed by atoms with van der Waals surface area (Å²) in [6.45, 7) is -0.194. The zero-order valence-electron chi connectivity index (χ0n) is 25.8. The van der Waals surface area contributed by atoms with Crippen LogP contribution < -0.4 is 20.7 Å². The molecule has 0 saturated heterocycles. The molecule has 0 aromatic heterocycles. The Kier molecular flexibility index (Phi) is 10.4. The molecule has 8 nitrogen and oxygen atoms in total. The third-order valence-corrected chi connectivity index (χ3v) is 8.21. The lowest BCUT2D eigenvalue weighted by Gasteiger charge is -2.25. The summed E-state index contributed by atoms with van der Waals surface area (Å²) in [7, 11) is 0. The van der Waals surface area contributed by atoms with Gasteiger partial charge in [0.05, 0.1) is 12.6 Å². The molecule has 1 aliphatic carbocycles. The van der Waals surface area contributed by atoms with Gasteiger partial charge in [-0.2, -0.15) is 0 Å². The number of nitrogens with one attached hydrogen (secondary N) is 3. The molecule has 3 atom stereocenters. The van der Waals surface area contributed by atoms with E-state index in [0.717, 1.165) is 24.0 Å². The van der Waals surface area contributed by atoms with Gasteiger partial charge in [0.1, 0.15) is 17.5 Å². The van der Waals surface area contributed by atoms with E-state index in [2.05, 4.69) is 16.0 Å². The Morgan fingerprint density at radius 3 is 2.15 bits per heavy atom. The summed E-state index contributed by atoms with van der Waals surface area (Å²) in [6, 6.07) is 21.7. The molecular formula is C36H39F2N3O5. The van der Waals surface area contributed by atoms with Gasteiger partial charge in [-0.05, 0) is 73.1 Å². The molecule has 1 saturated carbocycles. The van der Waals surface area contributed by atoms with Gasteiger partial charge in [0.15, 0.2) is 5.78 Å². The summed E-state index contributed by atoms with van der Waals surface area (Å²) in [5, 5.41) is 7.94. The predicted octanol–water partition coefficient (Wildman–Crippen LogP) is 4.94. The van der Waals surface area contributed by atoms with Crippen molar-refractivity contribution >= 4 is 23.5 Å². The van der Waals surface area contributed by atoms with Gasteiger partial charge in [-0.25, -0.2) is 8.78 Å². The second-order valence-electron chi connectivity index (χ2n) is 12.4. The molecule has 46 heavy (non-hydrogen) atoms. The van der Waals surface area contributed by atoms with Crippen molar-refractivity contribution in [1.82, 2.24) is 16.0 Å². The number of ether oxygens (including phenoxy) is 1. The molecule has 5 rings (SSSR count). The van der Waals surface area contributed by atoms with Crippen LogP contribution in [0.3, 0.4) is 0 Å². The Labute approximate surface area is 267 Å². The van der Waals surface area contributed by atoms with Crippen LogP contribution in [0.5, 0.6) is 11.5 Å². The largest absolute Gasteiger partial charge is 0.457 e. The van der Waals surface area contributed by atoms with Crippen molar-refractivity contribution in [3.8, 4) is 11.5 Å². The number of Topliss-reactive ketones (excluding diaryl/α,β-unsaturated/α-hetero) is 1. The van der Waals surface area contributed by atoms with Gasteiger partial charge in [0, 0.05) is 31.6 Å². The molecule has 3 N–H and O–H groups in total. The molecule has 3 amide bonds. The Morgan fingerprint density at radius 2 is 1.52 bits per heavy atom. The van der Waals surface area contributed by atoms with Crippen LogP contribution in [0, 0.1) is 11.8 Å². The average Bonchev–Trinajstić information content (AvgIpc) is 3.87. The Bertz CT molecular complexity index is 1550. The molecule has 4 bridgehead atoms. The van der Waals surface area contributed by atoms with Gasteiger partial charge in [-0.3, -0.25) is 19.2 Å². The molecule has 1 aliphatic heterocycles. The second-order valence-corrected chi connectivity index (χ2v) is 12.4. The van der Waals surface area contributed by atoms with Crippen molar-refractivity contribution in [1.29, 1.82) is 0 Å². The van der Waals surface area contributed by atoms with Gasteiger partial charge in [0.25, 0.3) is 5.92 Å². The van der Waals surface area contributed by atoms with E-state index in [9.17, 15) is 28.0 Å². The minimum Gasteiger partial charge on any atom is -0.457 e. The number of halogens is 2. The van der Waals surface area contributed by atoms with E-state index in [1.807, 2.05) is 48.5 Å². The van der Waals surface area contributed by atoms with Crippen LogP contribution in [-0.4, -0.2) is 48.1 Å². The van der Waals surface area contributed by atoms with E-state index in [-0.39, 0.29) is 36.9 Å². The SMILES string of the molecule is CC(F)(F)CNC(=O)[C@@H]1Cc2cccc(c2)Oc2cccc(c2)C[C@H](NC(=O)C2CC2)C(=O)C[C@@H](CCc2ccccc2)C(=O)N1. The number of aryl methyl sites for hydroxylation is 1. The van der Waals surface area contributed by atoms with E-state index >= 15 is 0 Å². The molecule has 3 aromatic carbocycles. The van der Waals surface area contributed by atoms with Crippen molar-refractivity contribution in [3.05, 3.63) is 95.6 Å². The molecular weight excluding hydrogens is 592 g/mol. The average molecular weight is 632 g/mol. The molecule has 0 unspecified atom stereocenters. The predicted molar refractivity (Wildman–Crippen MR) is 168 cm³/mol. The molecule has 242 valence electrons. The number of fused-ring (bicyclic) bond motifs is 4. The van der Waals surface area contributed by atoms with E-state index in [4.69, 9.17) is 4.74 Å². The van der Waals surface area contributed by atoms with E-state index in [1.165, 1.54) is 0 Å². The van der Waals surface area contributed by atoms with Crippen molar-refractivity contribution < 1.29 is 32.7 Å². The minimum atomic E-state index is -3.15. The molecule has 0 radical (unpaired) electrons. The van der Waals surface area contributed by atoms with E-state index < -0.39 is 42.3 Å². The summed E-state index contributed by atoms with van der Waals surface area (Å²) in [5.41, 5.74) is 2.40. The fourth-order valence-corrected chi connectivity index (χ4v) is 5.52. The number of hydrogen-bond donors (Lipinski definition) is 3. The van der Waals surface area contributed by atoms with E-state index in [1.54, 1.807) is 30.3 Å². The maximum Gasteiger partial charge on any atom is 0.262 e. The second kappa shape index (κ2) is 14.7. The fraction of sp³-hybridized carbons (Fsp3) is 0.389. The number of carbonyl (C=O) groups excluding carboxylic acids is 4. The highest BCUT2D eigenvalue weighted by atomic mass is 19.3. The number of amides is 3. The number of alkyl halides is 2. The zero-order chi connectivity index (χ0) is 32.7. The van der Waals surface area contributed by atoms with Crippen LogP contribution in [0.1, 0.15) is 49.3 Å². The molecule has 2 aliphatic rings. The van der Waals surface area contributed by atoms with Crippen LogP contribution in [0.25, 0.3) is 0 Å². The molecule has 1 fully saturated rings. The number of benzene rings is 3. The number of hydrogen-bond acceptors (Lipinski definition) is 5. The smallest absolute Gasteiger partial charge is 0.262 e. The monoisotopic (exact) mass is 631 g/mol. The lowest BCUT2D eigenvalue weighted by atomic mass is 9.89. The van der Waals surface area contributed by atoms with Crippen molar-refractivity contribution in [3.63, 3.8) is 0 Å². The topological polar surface area (TPSA) is 114 Å². The molecule has 10 heteroatoms. The standard InChI is InChI=1S/C36H39F2N3O5/c1-36(37,38)22-39-35(45)31-20-25-10-6-12-29(18-25)46-28-11-5-9-24(17-28)19-30(40-33(43)26-15-16-26)32(42)21-27(34(44)41-31)14-13-23-7-3-2-4-8-23/h2-12,17-18,26-27,30-31H,13-16,19-22H2,1H3,(H,39,45)(H,40,43)(H,41,44)/t27-,30+,31+/m1/s1. The van der Waals surface area contributed by atoms with Crippen molar-refractivity contribution in [2.24, 2.45) is 11.8 Å². The maximum atomic E-state index is 13.9. The molecule has 0 spiro atoms. The summed E-state index contributed by atoms with van der Waals surface area (Å²) >= 11 is 0. The van der Waals surface area contributed by atoms with Crippen molar-refractivity contribution in [2.75, 3.05) is 6.54 Å². The maximum absolute atomic E-state index is 13.9. The van der Waals surface area contributed by atoms with Crippen LogP contribution in [0.4, 0.5) is 8.78 Å². The first-order valence-corrected chi connectivity index (χ1v) is 15.7. The first-order chi connectivity index (χ1) is 22.0. The highest BCUT2D eigenvalue weighted by molar-refractivity contribution is 5.95. The summed E-state index contributed by atoms with van der Waals surface area (Å²) in [6.07, 6.45) is 2.36. The van der Waals surface area contributed by atoms with Crippen LogP contribution in [0.2, 0.25) is 0 Å². The lowest BCUT2D eigenvalue weighted by molar-refractivity contribution is -0.134. The number of rotatable bonds is 8. The Morgan fingerprint density at radius 1 is 0.870 bits per heavy atom. The third kappa shape index (κ3) is 9.70. The third-order valence-electron chi connectivity index (χ3n) is 8.21. The lowest BCUT2D eigenvalue weighted by Crippen LogP contribution is -2.52. The van der Waals surface area contributed by atoms with E-state index in [0.29, 0.717) is 36.8 Å². The van der Waals surface area contributed by atoms with Gasteiger partial charge in [-0.1, -0.05) is 54.6 Å². The molecule has 1 heterocycles. The normalized spacial score (nSPS) is 20.6. The molecule has 3 aromatic rings. The Hall–Kier alpha value is -4.60.